The fourth-order valence-corrected chi connectivity index (χ4v) is 2.28. The number of hydrogen-bond donors (Lipinski definition) is 1. The molecule has 0 aromatic heterocycles. The molecule has 0 unspecified atom stereocenters. The van der Waals surface area contributed by atoms with Crippen molar-refractivity contribution < 1.29 is 18.0 Å². The molecule has 0 atom stereocenters. The van der Waals surface area contributed by atoms with Crippen LogP contribution in [0.25, 0.3) is 0 Å². The first kappa shape index (κ1) is 13.9. The summed E-state index contributed by atoms with van der Waals surface area (Å²) in [4.78, 5) is 11.8. The maximum atomic E-state index is 13.0. The van der Waals surface area contributed by atoms with Crippen molar-refractivity contribution in [2.75, 3.05) is 6.54 Å². The highest BCUT2D eigenvalue weighted by Crippen LogP contribution is 2.48. The van der Waals surface area contributed by atoms with E-state index in [-0.39, 0.29) is 11.0 Å². The van der Waals surface area contributed by atoms with Crippen molar-refractivity contribution in [3.8, 4) is 0 Å². The predicted molar refractivity (Wildman–Crippen MR) is 65.2 cm³/mol. The van der Waals surface area contributed by atoms with Crippen molar-refractivity contribution in [3.63, 3.8) is 0 Å². The van der Waals surface area contributed by atoms with Crippen molar-refractivity contribution in [3.05, 3.63) is 35.1 Å². The molecule has 1 aliphatic carbocycles. The van der Waals surface area contributed by atoms with Crippen LogP contribution in [0, 0.1) is 22.9 Å². The van der Waals surface area contributed by atoms with Crippen LogP contribution in [0.15, 0.2) is 12.1 Å². The molecule has 1 aromatic rings. The number of carbonyl (C=O) groups excluding carboxylic acids is 1. The van der Waals surface area contributed by atoms with Crippen LogP contribution in [0.1, 0.15) is 43.0 Å². The smallest absolute Gasteiger partial charge is 0.251 e. The van der Waals surface area contributed by atoms with E-state index in [4.69, 9.17) is 0 Å². The maximum Gasteiger partial charge on any atom is 0.251 e. The molecule has 2 nitrogen and oxygen atoms in total. The zero-order valence-electron chi connectivity index (χ0n) is 10.7. The molecule has 0 saturated heterocycles. The summed E-state index contributed by atoms with van der Waals surface area (Å²) in [6.45, 7) is 2.58. The normalized spacial score (nSPS) is 16.2. The molecule has 2 rings (SSSR count). The molecule has 1 aromatic carbocycles. The Morgan fingerprint density at radius 1 is 1.26 bits per heavy atom. The van der Waals surface area contributed by atoms with Gasteiger partial charge in [-0.2, -0.15) is 0 Å². The number of benzene rings is 1. The average Bonchev–Trinajstić information content (AvgIpc) is 3.13. The van der Waals surface area contributed by atoms with Gasteiger partial charge in [0, 0.05) is 12.1 Å². The lowest BCUT2D eigenvalue weighted by molar-refractivity contribution is 0.0942. The molecule has 19 heavy (non-hydrogen) atoms. The van der Waals surface area contributed by atoms with Gasteiger partial charge in [0.2, 0.25) is 0 Å². The number of carbonyl (C=O) groups is 1. The SMILES string of the molecule is CCCC1(CNC(=O)c2cc(F)c(F)c(F)c2)CC1. The van der Waals surface area contributed by atoms with Gasteiger partial charge in [0.05, 0.1) is 0 Å². The Labute approximate surface area is 110 Å². The minimum Gasteiger partial charge on any atom is -0.351 e. The number of amides is 1. The molecule has 0 radical (unpaired) electrons. The third-order valence-corrected chi connectivity index (χ3v) is 3.61. The summed E-state index contributed by atoms with van der Waals surface area (Å²) < 4.78 is 38.8. The van der Waals surface area contributed by atoms with Gasteiger partial charge in [-0.15, -0.1) is 0 Å². The first-order chi connectivity index (χ1) is 8.97. The fourth-order valence-electron chi connectivity index (χ4n) is 2.28. The van der Waals surface area contributed by atoms with Gasteiger partial charge in [-0.25, -0.2) is 13.2 Å². The van der Waals surface area contributed by atoms with Gasteiger partial charge in [-0.3, -0.25) is 4.79 Å². The number of halogens is 3. The first-order valence-corrected chi connectivity index (χ1v) is 6.40. The second-order valence-corrected chi connectivity index (χ2v) is 5.19. The maximum absolute atomic E-state index is 13.0. The van der Waals surface area contributed by atoms with Gasteiger partial charge in [0.15, 0.2) is 17.5 Å². The van der Waals surface area contributed by atoms with Crippen LogP contribution in [-0.2, 0) is 0 Å². The largest absolute Gasteiger partial charge is 0.351 e. The molecule has 0 bridgehead atoms. The molecule has 104 valence electrons. The summed E-state index contributed by atoms with van der Waals surface area (Å²) in [7, 11) is 0. The molecule has 0 spiro atoms. The number of rotatable bonds is 5. The van der Waals surface area contributed by atoms with Gasteiger partial charge in [-0.05, 0) is 36.8 Å². The predicted octanol–water partition coefficient (Wildman–Crippen LogP) is 3.41. The quantitative estimate of drug-likeness (QED) is 0.817. The summed E-state index contributed by atoms with van der Waals surface area (Å²) in [6.07, 6.45) is 4.19. The molecule has 1 saturated carbocycles. The Kier molecular flexibility index (Phi) is 3.83. The molecule has 1 N–H and O–H groups in total. The van der Waals surface area contributed by atoms with Gasteiger partial charge < -0.3 is 5.32 Å². The molecule has 1 amide bonds. The van der Waals surface area contributed by atoms with Crippen LogP contribution in [0.5, 0.6) is 0 Å². The van der Waals surface area contributed by atoms with Crippen LogP contribution in [0.2, 0.25) is 0 Å². The highest BCUT2D eigenvalue weighted by atomic mass is 19.2. The summed E-state index contributed by atoms with van der Waals surface area (Å²) in [5, 5.41) is 2.67. The van der Waals surface area contributed by atoms with Crippen LogP contribution >= 0.6 is 0 Å². The van der Waals surface area contributed by atoms with Crippen molar-refractivity contribution in [1.82, 2.24) is 5.32 Å². The van der Waals surface area contributed by atoms with Crippen LogP contribution in [0.3, 0.4) is 0 Å². The van der Waals surface area contributed by atoms with E-state index in [0.29, 0.717) is 18.7 Å². The van der Waals surface area contributed by atoms with Crippen molar-refractivity contribution in [1.29, 1.82) is 0 Å². The van der Waals surface area contributed by atoms with Gasteiger partial charge in [0.1, 0.15) is 0 Å². The Morgan fingerprint density at radius 2 is 1.84 bits per heavy atom. The average molecular weight is 271 g/mol. The summed E-state index contributed by atoms with van der Waals surface area (Å²) in [5.41, 5.74) is -0.0367. The lowest BCUT2D eigenvalue weighted by Crippen LogP contribution is -2.30. The lowest BCUT2D eigenvalue weighted by atomic mass is 10.0. The molecule has 1 fully saturated rings. The van der Waals surface area contributed by atoms with Crippen LogP contribution < -0.4 is 5.32 Å². The van der Waals surface area contributed by atoms with Crippen LogP contribution in [-0.4, -0.2) is 12.5 Å². The van der Waals surface area contributed by atoms with E-state index in [2.05, 4.69) is 12.2 Å². The van der Waals surface area contributed by atoms with E-state index >= 15 is 0 Å². The topological polar surface area (TPSA) is 29.1 Å². The second-order valence-electron chi connectivity index (χ2n) is 5.19. The molecule has 0 aliphatic heterocycles. The fraction of sp³-hybridized carbons (Fsp3) is 0.500. The van der Waals surface area contributed by atoms with E-state index in [9.17, 15) is 18.0 Å². The highest BCUT2D eigenvalue weighted by molar-refractivity contribution is 5.94. The molecular weight excluding hydrogens is 255 g/mol. The molecule has 5 heteroatoms. The number of hydrogen-bond acceptors (Lipinski definition) is 1. The van der Waals surface area contributed by atoms with Gasteiger partial charge in [0.25, 0.3) is 5.91 Å². The third kappa shape index (κ3) is 3.08. The Balaban J connectivity index is 2.01. The van der Waals surface area contributed by atoms with E-state index in [1.54, 1.807) is 0 Å². The van der Waals surface area contributed by atoms with Crippen LogP contribution in [0.4, 0.5) is 13.2 Å². The highest BCUT2D eigenvalue weighted by Gasteiger charge is 2.41. The van der Waals surface area contributed by atoms with E-state index in [0.717, 1.165) is 25.7 Å². The van der Waals surface area contributed by atoms with Crippen molar-refractivity contribution in [2.45, 2.75) is 32.6 Å². The first-order valence-electron chi connectivity index (χ1n) is 6.40. The Morgan fingerprint density at radius 3 is 2.32 bits per heavy atom. The molecule has 0 heterocycles. The molecule has 1 aliphatic rings. The Hall–Kier alpha value is -1.52. The van der Waals surface area contributed by atoms with E-state index < -0.39 is 23.4 Å². The molecular formula is C14H16F3NO. The van der Waals surface area contributed by atoms with Gasteiger partial charge in [-0.1, -0.05) is 13.3 Å². The standard InChI is InChI=1S/C14H16F3NO/c1-2-3-14(4-5-14)8-18-13(19)9-6-10(15)12(17)11(16)7-9/h6-7H,2-5,8H2,1H3,(H,18,19). The second kappa shape index (κ2) is 5.23. The third-order valence-electron chi connectivity index (χ3n) is 3.61. The monoisotopic (exact) mass is 271 g/mol. The van der Waals surface area contributed by atoms with Crippen molar-refractivity contribution in [2.24, 2.45) is 5.41 Å². The van der Waals surface area contributed by atoms with Gasteiger partial charge >= 0.3 is 0 Å². The summed E-state index contributed by atoms with van der Waals surface area (Å²) in [6, 6.07) is 1.43. The summed E-state index contributed by atoms with van der Waals surface area (Å²) in [5.74, 6) is -4.82. The minimum atomic E-state index is -1.55. The summed E-state index contributed by atoms with van der Waals surface area (Å²) >= 11 is 0. The zero-order valence-corrected chi connectivity index (χ0v) is 10.7. The number of nitrogens with one attached hydrogen (secondary N) is 1. The lowest BCUT2D eigenvalue weighted by Gasteiger charge is -2.15. The van der Waals surface area contributed by atoms with E-state index in [1.807, 2.05) is 0 Å². The minimum absolute atomic E-state index is 0.154. The van der Waals surface area contributed by atoms with Crippen molar-refractivity contribution >= 4 is 5.91 Å². The zero-order chi connectivity index (χ0) is 14.0. The Bertz CT molecular complexity index is 474. The van der Waals surface area contributed by atoms with E-state index in [1.165, 1.54) is 0 Å².